The van der Waals surface area contributed by atoms with Gasteiger partial charge < -0.3 is 24.6 Å². The molecule has 3 amide bonds. The van der Waals surface area contributed by atoms with Crippen molar-refractivity contribution in [2.45, 2.75) is 19.8 Å². The summed E-state index contributed by atoms with van der Waals surface area (Å²) in [7, 11) is 1.50. The van der Waals surface area contributed by atoms with Gasteiger partial charge >= 0.3 is 5.97 Å². The van der Waals surface area contributed by atoms with Crippen molar-refractivity contribution < 1.29 is 28.7 Å². The van der Waals surface area contributed by atoms with Gasteiger partial charge in [-0.3, -0.25) is 19.2 Å². The van der Waals surface area contributed by atoms with Crippen molar-refractivity contribution in [3.05, 3.63) is 30.3 Å². The molecule has 0 bridgehead atoms. The van der Waals surface area contributed by atoms with E-state index >= 15 is 0 Å². The summed E-state index contributed by atoms with van der Waals surface area (Å²) >= 11 is 0. The van der Waals surface area contributed by atoms with Gasteiger partial charge in [0.25, 0.3) is 5.91 Å². The first kappa shape index (κ1) is 23.2. The number of ether oxygens (including phenoxy) is 2. The number of esters is 1. The monoisotopic (exact) mass is 419 g/mol. The van der Waals surface area contributed by atoms with Crippen LogP contribution in [-0.2, 0) is 23.9 Å². The van der Waals surface area contributed by atoms with Crippen molar-refractivity contribution in [3.63, 3.8) is 0 Å². The highest BCUT2D eigenvalue weighted by molar-refractivity contribution is 5.88. The number of rotatable bonds is 9. The second-order valence-electron chi connectivity index (χ2n) is 7.06. The minimum absolute atomic E-state index is 0.120. The van der Waals surface area contributed by atoms with Crippen molar-refractivity contribution in [2.24, 2.45) is 5.92 Å². The summed E-state index contributed by atoms with van der Waals surface area (Å²) in [6.07, 6.45) is 1.40. The third-order valence-corrected chi connectivity index (χ3v) is 4.74. The molecule has 1 atom stereocenters. The van der Waals surface area contributed by atoms with Crippen LogP contribution in [0.4, 0.5) is 0 Å². The van der Waals surface area contributed by atoms with Crippen LogP contribution < -0.4 is 10.1 Å². The molecule has 1 heterocycles. The van der Waals surface area contributed by atoms with E-state index in [9.17, 15) is 19.2 Å². The van der Waals surface area contributed by atoms with Crippen LogP contribution in [0.3, 0.4) is 0 Å². The second kappa shape index (κ2) is 11.8. The molecule has 30 heavy (non-hydrogen) atoms. The summed E-state index contributed by atoms with van der Waals surface area (Å²) in [5, 5.41) is 2.48. The Morgan fingerprint density at radius 3 is 2.63 bits per heavy atom. The predicted octanol–water partition coefficient (Wildman–Crippen LogP) is 0.442. The molecule has 1 N–H and O–H groups in total. The van der Waals surface area contributed by atoms with E-state index in [0.717, 1.165) is 0 Å². The first-order valence-electron chi connectivity index (χ1n) is 10.0. The van der Waals surface area contributed by atoms with Crippen molar-refractivity contribution >= 4 is 23.7 Å². The highest BCUT2D eigenvalue weighted by Crippen LogP contribution is 2.18. The lowest BCUT2D eigenvalue weighted by atomic mass is 9.98. The molecule has 1 unspecified atom stereocenters. The molecule has 0 spiro atoms. The molecule has 1 fully saturated rings. The molecular weight excluding hydrogens is 390 g/mol. The first-order chi connectivity index (χ1) is 14.4. The number of likely N-dealkylation sites (tertiary alicyclic amines) is 1. The van der Waals surface area contributed by atoms with E-state index < -0.39 is 11.8 Å². The zero-order chi connectivity index (χ0) is 21.9. The molecule has 9 nitrogen and oxygen atoms in total. The highest BCUT2D eigenvalue weighted by atomic mass is 16.5. The van der Waals surface area contributed by atoms with Gasteiger partial charge in [-0.25, -0.2) is 0 Å². The van der Waals surface area contributed by atoms with Gasteiger partial charge in [-0.05, 0) is 31.9 Å². The van der Waals surface area contributed by atoms with Gasteiger partial charge in [-0.1, -0.05) is 18.2 Å². The molecule has 1 aliphatic rings. The third-order valence-electron chi connectivity index (χ3n) is 4.74. The maximum absolute atomic E-state index is 12.5. The molecule has 0 aromatic heterocycles. The zero-order valence-corrected chi connectivity index (χ0v) is 17.5. The highest BCUT2D eigenvalue weighted by Gasteiger charge is 2.30. The van der Waals surface area contributed by atoms with Gasteiger partial charge in [-0.2, -0.15) is 0 Å². The summed E-state index contributed by atoms with van der Waals surface area (Å²) in [5.41, 5.74) is 0. The molecule has 1 aromatic rings. The number of nitrogens with one attached hydrogen (secondary N) is 1. The lowest BCUT2D eigenvalue weighted by Gasteiger charge is -2.32. The Balaban J connectivity index is 1.71. The van der Waals surface area contributed by atoms with Crippen LogP contribution in [0.2, 0.25) is 0 Å². The SMILES string of the molecule is CCOC(=O)C1CCCN(C(=O)CN(C)C(=O)CNC(=O)COc2ccccc2)C1. The molecule has 0 saturated carbocycles. The van der Waals surface area contributed by atoms with Gasteiger partial charge in [0, 0.05) is 20.1 Å². The Kier molecular flexibility index (Phi) is 9.11. The van der Waals surface area contributed by atoms with E-state index in [1.165, 1.54) is 11.9 Å². The number of para-hydroxylation sites is 1. The van der Waals surface area contributed by atoms with Gasteiger partial charge in [0.1, 0.15) is 5.75 Å². The van der Waals surface area contributed by atoms with Crippen molar-refractivity contribution in [3.8, 4) is 5.75 Å². The first-order valence-corrected chi connectivity index (χ1v) is 10.0. The van der Waals surface area contributed by atoms with Crippen LogP contribution in [0, 0.1) is 5.92 Å². The van der Waals surface area contributed by atoms with Crippen LogP contribution in [0.1, 0.15) is 19.8 Å². The Bertz CT molecular complexity index is 740. The lowest BCUT2D eigenvalue weighted by Crippen LogP contribution is -2.48. The quantitative estimate of drug-likeness (QED) is 0.583. The van der Waals surface area contributed by atoms with Gasteiger partial charge in [0.2, 0.25) is 11.8 Å². The minimum Gasteiger partial charge on any atom is -0.484 e. The van der Waals surface area contributed by atoms with Gasteiger partial charge in [0.05, 0.1) is 25.6 Å². The topological polar surface area (TPSA) is 105 Å². The predicted molar refractivity (Wildman–Crippen MR) is 109 cm³/mol. The molecule has 0 radical (unpaired) electrons. The molecule has 9 heteroatoms. The van der Waals surface area contributed by atoms with E-state index in [4.69, 9.17) is 9.47 Å². The minimum atomic E-state index is -0.430. The maximum Gasteiger partial charge on any atom is 0.310 e. The lowest BCUT2D eigenvalue weighted by molar-refractivity contribution is -0.152. The summed E-state index contributed by atoms with van der Waals surface area (Å²) in [6.45, 7) is 2.34. The molecule has 164 valence electrons. The van der Waals surface area contributed by atoms with E-state index in [1.807, 2.05) is 6.07 Å². The molecule has 1 aliphatic heterocycles. The fourth-order valence-electron chi connectivity index (χ4n) is 3.07. The van der Waals surface area contributed by atoms with E-state index in [1.54, 1.807) is 36.1 Å². The Morgan fingerprint density at radius 2 is 1.93 bits per heavy atom. The molecule has 1 aromatic carbocycles. The normalized spacial score (nSPS) is 15.8. The summed E-state index contributed by atoms with van der Waals surface area (Å²) < 4.78 is 10.4. The van der Waals surface area contributed by atoms with Crippen LogP contribution in [0.15, 0.2) is 30.3 Å². The number of carbonyl (C=O) groups excluding carboxylic acids is 4. The number of benzene rings is 1. The third kappa shape index (κ3) is 7.38. The smallest absolute Gasteiger partial charge is 0.310 e. The van der Waals surface area contributed by atoms with E-state index in [0.29, 0.717) is 38.3 Å². The number of nitrogens with zero attached hydrogens (tertiary/aromatic N) is 2. The van der Waals surface area contributed by atoms with Crippen molar-refractivity contribution in [2.75, 3.05) is 46.4 Å². The summed E-state index contributed by atoms with van der Waals surface area (Å²) in [5.74, 6) is -1.12. The number of hydrogen-bond donors (Lipinski definition) is 1. The fourth-order valence-corrected chi connectivity index (χ4v) is 3.07. The van der Waals surface area contributed by atoms with Gasteiger partial charge in [-0.15, -0.1) is 0 Å². The second-order valence-corrected chi connectivity index (χ2v) is 7.06. The number of hydrogen-bond acceptors (Lipinski definition) is 6. The van der Waals surface area contributed by atoms with Crippen LogP contribution in [0.25, 0.3) is 0 Å². The molecule has 2 rings (SSSR count). The summed E-state index contributed by atoms with van der Waals surface area (Å²) in [4.78, 5) is 51.3. The van der Waals surface area contributed by atoms with Crippen molar-refractivity contribution in [1.82, 2.24) is 15.1 Å². The van der Waals surface area contributed by atoms with Gasteiger partial charge in [0.15, 0.2) is 6.61 Å². The van der Waals surface area contributed by atoms with Crippen LogP contribution in [-0.4, -0.2) is 79.9 Å². The molecular formula is C21H29N3O6. The summed E-state index contributed by atoms with van der Waals surface area (Å²) in [6, 6.07) is 8.87. The average Bonchev–Trinajstić information content (AvgIpc) is 2.76. The standard InChI is InChI=1S/C21H29N3O6/c1-3-29-21(28)16-8-7-11-24(13-16)20(27)14-23(2)19(26)12-22-18(25)15-30-17-9-5-4-6-10-17/h4-6,9-10,16H,3,7-8,11-15H2,1-2H3,(H,22,25). The average molecular weight is 419 g/mol. The Morgan fingerprint density at radius 1 is 1.20 bits per heavy atom. The van der Waals surface area contributed by atoms with Crippen LogP contribution >= 0.6 is 0 Å². The number of amides is 3. The number of likely N-dealkylation sites (N-methyl/N-ethyl adjacent to an activating group) is 1. The van der Waals surface area contributed by atoms with Crippen molar-refractivity contribution in [1.29, 1.82) is 0 Å². The Labute approximate surface area is 176 Å². The zero-order valence-electron chi connectivity index (χ0n) is 17.5. The molecule has 1 saturated heterocycles. The number of piperidine rings is 1. The Hall–Kier alpha value is -3.10. The molecule has 0 aliphatic carbocycles. The largest absolute Gasteiger partial charge is 0.484 e. The van der Waals surface area contributed by atoms with Crippen LogP contribution in [0.5, 0.6) is 5.75 Å². The van der Waals surface area contributed by atoms with E-state index in [2.05, 4.69) is 5.32 Å². The maximum atomic E-state index is 12.5. The van der Waals surface area contributed by atoms with E-state index in [-0.39, 0.29) is 37.5 Å². The number of carbonyl (C=O) groups is 4. The fraction of sp³-hybridized carbons (Fsp3) is 0.524.